The number of nitrogens with zero attached hydrogens (tertiary/aromatic N) is 4. The van der Waals surface area contributed by atoms with Crippen molar-refractivity contribution in [2.75, 3.05) is 31.6 Å². The number of pyridine rings is 1. The van der Waals surface area contributed by atoms with Gasteiger partial charge in [0.2, 0.25) is 0 Å². The Bertz CT molecular complexity index is 1000. The minimum absolute atomic E-state index is 0.0339. The van der Waals surface area contributed by atoms with Crippen LogP contribution in [0.4, 0.5) is 5.69 Å². The zero-order chi connectivity index (χ0) is 21.8. The Morgan fingerprint density at radius 2 is 2.07 bits per heavy atom. The lowest BCUT2D eigenvalue weighted by atomic mass is 9.93. The van der Waals surface area contributed by atoms with Crippen LogP contribution in [0.3, 0.4) is 0 Å². The van der Waals surface area contributed by atoms with Gasteiger partial charge in [-0.15, -0.1) is 0 Å². The van der Waals surface area contributed by atoms with Crippen LogP contribution < -0.4 is 10.5 Å². The number of piperazine rings is 1. The molecule has 2 aromatic heterocycles. The molecule has 0 amide bonds. The maximum atomic E-state index is 13.0. The zero-order valence-electron chi connectivity index (χ0n) is 19.4. The SMILES string of the molecule is C/C=C(\C=C(/CC)C(C)CC)c1cc(=O)n2cc(N3CCN(C)[C@@H](C)C3)ccc2n1. The summed E-state index contributed by atoms with van der Waals surface area (Å²) in [6.45, 7) is 13.9. The molecular formula is C25H36N4O. The van der Waals surface area contributed by atoms with Gasteiger partial charge in [-0.25, -0.2) is 4.98 Å². The van der Waals surface area contributed by atoms with Crippen LogP contribution in [0.2, 0.25) is 0 Å². The number of anilines is 1. The molecule has 2 atom stereocenters. The van der Waals surface area contributed by atoms with Gasteiger partial charge < -0.3 is 9.80 Å². The fraction of sp³-hybridized carbons (Fsp3) is 0.520. The second-order valence-electron chi connectivity index (χ2n) is 8.50. The van der Waals surface area contributed by atoms with E-state index in [1.54, 1.807) is 10.5 Å². The summed E-state index contributed by atoms with van der Waals surface area (Å²) in [5.41, 5.74) is 4.90. The first-order valence-electron chi connectivity index (χ1n) is 11.2. The second-order valence-corrected chi connectivity index (χ2v) is 8.50. The number of fused-ring (bicyclic) bond motifs is 1. The molecule has 1 unspecified atom stereocenters. The predicted molar refractivity (Wildman–Crippen MR) is 127 cm³/mol. The van der Waals surface area contributed by atoms with Crippen molar-refractivity contribution in [3.63, 3.8) is 0 Å². The molecule has 30 heavy (non-hydrogen) atoms. The van der Waals surface area contributed by atoms with Crippen LogP contribution in [-0.2, 0) is 0 Å². The molecule has 1 aliphatic rings. The average molecular weight is 409 g/mol. The summed E-state index contributed by atoms with van der Waals surface area (Å²) < 4.78 is 1.67. The third-order valence-corrected chi connectivity index (χ3v) is 6.57. The Hall–Kier alpha value is -2.40. The zero-order valence-corrected chi connectivity index (χ0v) is 19.4. The Balaban J connectivity index is 1.96. The van der Waals surface area contributed by atoms with Gasteiger partial charge in [0.05, 0.1) is 11.4 Å². The van der Waals surface area contributed by atoms with E-state index in [2.05, 4.69) is 62.8 Å². The van der Waals surface area contributed by atoms with Crippen molar-refractivity contribution in [1.29, 1.82) is 0 Å². The highest BCUT2D eigenvalue weighted by molar-refractivity contribution is 5.73. The van der Waals surface area contributed by atoms with E-state index in [0.717, 1.165) is 49.4 Å². The first-order chi connectivity index (χ1) is 14.4. The van der Waals surface area contributed by atoms with Gasteiger partial charge in [-0.2, -0.15) is 0 Å². The van der Waals surface area contributed by atoms with E-state index in [1.807, 2.05) is 19.2 Å². The van der Waals surface area contributed by atoms with E-state index in [1.165, 1.54) is 5.57 Å². The molecule has 162 valence electrons. The summed E-state index contributed by atoms with van der Waals surface area (Å²) in [5.74, 6) is 0.528. The fourth-order valence-electron chi connectivity index (χ4n) is 4.07. The molecule has 2 aromatic rings. The summed E-state index contributed by atoms with van der Waals surface area (Å²) in [7, 11) is 2.16. The molecule has 0 radical (unpaired) electrons. The Kier molecular flexibility index (Phi) is 7.14. The standard InChI is InChI=1S/C25H36N4O/c1-7-18(4)20(8-2)14-21(9-3)23-15-25(30)29-17-22(10-11-24(29)26-23)28-13-12-27(6)19(5)16-28/h9-11,14-15,17-19H,7-8,12-13,16H2,1-6H3/b20-14+,21-9+/t18?,19-/m0/s1. The lowest BCUT2D eigenvalue weighted by molar-refractivity contribution is 0.234. The van der Waals surface area contributed by atoms with Crippen molar-refractivity contribution >= 4 is 16.9 Å². The molecule has 0 spiro atoms. The van der Waals surface area contributed by atoms with E-state index < -0.39 is 0 Å². The van der Waals surface area contributed by atoms with Crippen molar-refractivity contribution < 1.29 is 0 Å². The topological polar surface area (TPSA) is 40.9 Å². The lowest BCUT2D eigenvalue weighted by Gasteiger charge is -2.39. The van der Waals surface area contributed by atoms with Gasteiger partial charge in [0.15, 0.2) is 0 Å². The molecular weight excluding hydrogens is 372 g/mol. The summed E-state index contributed by atoms with van der Waals surface area (Å²) in [6, 6.07) is 6.22. The summed E-state index contributed by atoms with van der Waals surface area (Å²) in [5, 5.41) is 0. The molecule has 1 saturated heterocycles. The van der Waals surface area contributed by atoms with E-state index in [9.17, 15) is 4.79 Å². The smallest absolute Gasteiger partial charge is 0.258 e. The van der Waals surface area contributed by atoms with E-state index >= 15 is 0 Å². The highest BCUT2D eigenvalue weighted by Crippen LogP contribution is 2.24. The van der Waals surface area contributed by atoms with Gasteiger partial charge in [0.1, 0.15) is 5.65 Å². The third kappa shape index (κ3) is 4.67. The Morgan fingerprint density at radius 1 is 1.30 bits per heavy atom. The van der Waals surface area contributed by atoms with Crippen LogP contribution in [0.15, 0.2) is 46.9 Å². The van der Waals surface area contributed by atoms with Crippen molar-refractivity contribution in [3.05, 3.63) is 58.2 Å². The van der Waals surface area contributed by atoms with Crippen molar-refractivity contribution in [3.8, 4) is 0 Å². The molecule has 0 aromatic carbocycles. The van der Waals surface area contributed by atoms with Gasteiger partial charge >= 0.3 is 0 Å². The van der Waals surface area contributed by atoms with Gasteiger partial charge in [-0.05, 0) is 57.4 Å². The maximum Gasteiger partial charge on any atom is 0.258 e. The van der Waals surface area contributed by atoms with Gasteiger partial charge in [-0.3, -0.25) is 9.20 Å². The first kappa shape index (κ1) is 22.3. The quantitative estimate of drug-likeness (QED) is 0.654. The molecule has 3 rings (SSSR count). The summed E-state index contributed by atoms with van der Waals surface area (Å²) in [6.07, 6.45) is 8.32. The number of aromatic nitrogens is 2. The summed E-state index contributed by atoms with van der Waals surface area (Å²) in [4.78, 5) is 22.5. The van der Waals surface area contributed by atoms with Gasteiger partial charge in [0, 0.05) is 37.9 Å². The molecule has 1 aliphatic heterocycles. The molecule has 0 saturated carbocycles. The van der Waals surface area contributed by atoms with Gasteiger partial charge in [-0.1, -0.05) is 38.5 Å². The molecule has 3 heterocycles. The molecule has 0 N–H and O–H groups in total. The number of likely N-dealkylation sites (N-methyl/N-ethyl adjacent to an activating group) is 1. The minimum atomic E-state index is -0.0339. The monoisotopic (exact) mass is 408 g/mol. The fourth-order valence-corrected chi connectivity index (χ4v) is 4.07. The third-order valence-electron chi connectivity index (χ3n) is 6.57. The van der Waals surface area contributed by atoms with Crippen LogP contribution in [0.25, 0.3) is 11.2 Å². The molecule has 1 fully saturated rings. The minimum Gasteiger partial charge on any atom is -0.367 e. The predicted octanol–water partition coefficient (Wildman–Crippen LogP) is 4.62. The van der Waals surface area contributed by atoms with E-state index in [0.29, 0.717) is 17.6 Å². The van der Waals surface area contributed by atoms with Crippen LogP contribution in [0.5, 0.6) is 0 Å². The Morgan fingerprint density at radius 3 is 2.70 bits per heavy atom. The average Bonchev–Trinajstić information content (AvgIpc) is 2.75. The van der Waals surface area contributed by atoms with Crippen molar-refractivity contribution in [1.82, 2.24) is 14.3 Å². The molecule has 5 nitrogen and oxygen atoms in total. The number of rotatable bonds is 6. The maximum absolute atomic E-state index is 13.0. The molecule has 0 bridgehead atoms. The first-order valence-corrected chi connectivity index (χ1v) is 11.2. The van der Waals surface area contributed by atoms with E-state index in [-0.39, 0.29) is 5.56 Å². The largest absolute Gasteiger partial charge is 0.367 e. The second kappa shape index (κ2) is 9.61. The van der Waals surface area contributed by atoms with Crippen LogP contribution in [0, 0.1) is 5.92 Å². The molecule has 0 aliphatic carbocycles. The van der Waals surface area contributed by atoms with Gasteiger partial charge in [0.25, 0.3) is 5.56 Å². The normalized spacial score (nSPS) is 20.1. The Labute approximate surface area is 180 Å². The number of hydrogen-bond acceptors (Lipinski definition) is 4. The lowest BCUT2D eigenvalue weighted by Crippen LogP contribution is -2.50. The van der Waals surface area contributed by atoms with Crippen LogP contribution in [-0.4, -0.2) is 47.0 Å². The highest BCUT2D eigenvalue weighted by Gasteiger charge is 2.21. The van der Waals surface area contributed by atoms with Crippen LogP contribution >= 0.6 is 0 Å². The van der Waals surface area contributed by atoms with E-state index in [4.69, 9.17) is 4.98 Å². The highest BCUT2D eigenvalue weighted by atomic mass is 16.1. The van der Waals surface area contributed by atoms with Crippen LogP contribution in [0.1, 0.15) is 53.2 Å². The number of allylic oxidation sites excluding steroid dienone is 4. The van der Waals surface area contributed by atoms with Crippen molar-refractivity contribution in [2.24, 2.45) is 5.92 Å². The molecule has 5 heteroatoms. The number of hydrogen-bond donors (Lipinski definition) is 0. The van der Waals surface area contributed by atoms with Crippen molar-refractivity contribution in [2.45, 2.75) is 53.5 Å². The summed E-state index contributed by atoms with van der Waals surface area (Å²) >= 11 is 0.